The second kappa shape index (κ2) is 3.29. The molecule has 3 heteroatoms. The quantitative estimate of drug-likeness (QED) is 0.697. The van der Waals surface area contributed by atoms with E-state index >= 15 is 0 Å². The van der Waals surface area contributed by atoms with Gasteiger partial charge in [0.05, 0.1) is 12.5 Å². The van der Waals surface area contributed by atoms with E-state index in [-0.39, 0.29) is 5.91 Å². The highest BCUT2D eigenvalue weighted by atomic mass is 16.3. The van der Waals surface area contributed by atoms with Crippen LogP contribution in [0.1, 0.15) is 26.2 Å². The van der Waals surface area contributed by atoms with E-state index in [2.05, 4.69) is 6.92 Å². The first-order valence-electron chi connectivity index (χ1n) is 5.12. The van der Waals surface area contributed by atoms with Crippen LogP contribution < -0.4 is 0 Å². The van der Waals surface area contributed by atoms with Crippen LogP contribution in [0.15, 0.2) is 0 Å². The Balaban J connectivity index is 1.83. The maximum Gasteiger partial charge on any atom is 0.225 e. The van der Waals surface area contributed by atoms with Crippen LogP contribution in [-0.4, -0.2) is 35.1 Å². The van der Waals surface area contributed by atoms with Gasteiger partial charge in [-0.3, -0.25) is 4.79 Å². The molecule has 0 aromatic heterocycles. The largest absolute Gasteiger partial charge is 0.391 e. The Labute approximate surface area is 78.7 Å². The number of carbonyl (C=O) groups excluding carboxylic acids is 1. The van der Waals surface area contributed by atoms with Crippen molar-refractivity contribution in [2.75, 3.05) is 13.1 Å². The minimum absolute atomic E-state index is 0.125. The molecular formula is C10H17NO2. The first-order chi connectivity index (χ1) is 6.16. The molecule has 1 aliphatic heterocycles. The SMILES string of the molecule is CC(CN1CC(O)CC1=O)C1CC1. The number of aliphatic hydroxyl groups is 1. The monoisotopic (exact) mass is 183 g/mol. The molecule has 2 atom stereocenters. The molecule has 2 aliphatic rings. The zero-order chi connectivity index (χ0) is 9.42. The van der Waals surface area contributed by atoms with Gasteiger partial charge in [0.1, 0.15) is 0 Å². The minimum Gasteiger partial charge on any atom is -0.391 e. The molecule has 1 heterocycles. The summed E-state index contributed by atoms with van der Waals surface area (Å²) in [5, 5.41) is 9.27. The summed E-state index contributed by atoms with van der Waals surface area (Å²) >= 11 is 0. The minimum atomic E-state index is -0.418. The lowest BCUT2D eigenvalue weighted by Crippen LogP contribution is -2.31. The van der Waals surface area contributed by atoms with Gasteiger partial charge in [0, 0.05) is 13.1 Å². The van der Waals surface area contributed by atoms with Crippen molar-refractivity contribution in [3.05, 3.63) is 0 Å². The molecule has 1 aliphatic carbocycles. The van der Waals surface area contributed by atoms with E-state index in [0.29, 0.717) is 18.9 Å². The van der Waals surface area contributed by atoms with Crippen LogP contribution >= 0.6 is 0 Å². The molecule has 1 saturated heterocycles. The van der Waals surface area contributed by atoms with E-state index in [0.717, 1.165) is 12.5 Å². The van der Waals surface area contributed by atoms with Gasteiger partial charge in [0.25, 0.3) is 0 Å². The first-order valence-corrected chi connectivity index (χ1v) is 5.12. The van der Waals surface area contributed by atoms with Crippen LogP contribution in [-0.2, 0) is 4.79 Å². The summed E-state index contributed by atoms with van der Waals surface area (Å²) in [6.45, 7) is 3.60. The third-order valence-corrected chi connectivity index (χ3v) is 3.13. The molecule has 2 fully saturated rings. The summed E-state index contributed by atoms with van der Waals surface area (Å²) in [5.74, 6) is 1.58. The van der Waals surface area contributed by atoms with E-state index in [1.807, 2.05) is 4.90 Å². The summed E-state index contributed by atoms with van der Waals surface area (Å²) < 4.78 is 0. The molecular weight excluding hydrogens is 166 g/mol. The lowest BCUT2D eigenvalue weighted by molar-refractivity contribution is -0.128. The third-order valence-electron chi connectivity index (χ3n) is 3.13. The molecule has 1 saturated carbocycles. The number of rotatable bonds is 3. The molecule has 2 unspecified atom stereocenters. The Morgan fingerprint density at radius 3 is 2.77 bits per heavy atom. The number of amides is 1. The zero-order valence-corrected chi connectivity index (χ0v) is 8.07. The second-order valence-corrected chi connectivity index (χ2v) is 4.47. The number of carbonyl (C=O) groups is 1. The van der Waals surface area contributed by atoms with Crippen molar-refractivity contribution in [1.29, 1.82) is 0 Å². The van der Waals surface area contributed by atoms with Crippen molar-refractivity contribution in [2.45, 2.75) is 32.3 Å². The number of nitrogens with zero attached hydrogens (tertiary/aromatic N) is 1. The average molecular weight is 183 g/mol. The summed E-state index contributed by atoms with van der Waals surface area (Å²) in [6.07, 6.45) is 2.56. The van der Waals surface area contributed by atoms with E-state index in [9.17, 15) is 9.90 Å². The molecule has 2 rings (SSSR count). The van der Waals surface area contributed by atoms with Crippen LogP contribution in [0.25, 0.3) is 0 Å². The third kappa shape index (κ3) is 2.02. The smallest absolute Gasteiger partial charge is 0.225 e. The zero-order valence-electron chi connectivity index (χ0n) is 8.07. The number of likely N-dealkylation sites (tertiary alicyclic amines) is 1. The number of aliphatic hydroxyl groups excluding tert-OH is 1. The van der Waals surface area contributed by atoms with E-state index in [4.69, 9.17) is 0 Å². The highest BCUT2D eigenvalue weighted by Gasteiger charge is 2.33. The number of β-amino-alcohol motifs (C(OH)–C–C–N with tert-alkyl or cyclic N) is 1. The molecule has 0 bridgehead atoms. The van der Waals surface area contributed by atoms with Gasteiger partial charge in [0.15, 0.2) is 0 Å². The van der Waals surface area contributed by atoms with Crippen molar-refractivity contribution >= 4 is 5.91 Å². The molecule has 1 amide bonds. The van der Waals surface area contributed by atoms with Crippen molar-refractivity contribution < 1.29 is 9.90 Å². The van der Waals surface area contributed by atoms with Gasteiger partial charge in [-0.15, -0.1) is 0 Å². The summed E-state index contributed by atoms with van der Waals surface area (Å²) in [5.41, 5.74) is 0. The van der Waals surface area contributed by atoms with Crippen LogP contribution in [0, 0.1) is 11.8 Å². The number of hydrogen-bond acceptors (Lipinski definition) is 2. The molecule has 1 N–H and O–H groups in total. The second-order valence-electron chi connectivity index (χ2n) is 4.47. The lowest BCUT2D eigenvalue weighted by atomic mass is 10.1. The van der Waals surface area contributed by atoms with Gasteiger partial charge in [-0.25, -0.2) is 0 Å². The molecule has 74 valence electrons. The predicted octanol–water partition coefficient (Wildman–Crippen LogP) is 0.626. The van der Waals surface area contributed by atoms with E-state index in [1.165, 1.54) is 12.8 Å². The highest BCUT2D eigenvalue weighted by Crippen LogP contribution is 2.37. The summed E-state index contributed by atoms with van der Waals surface area (Å²) in [7, 11) is 0. The fourth-order valence-corrected chi connectivity index (χ4v) is 2.09. The maximum absolute atomic E-state index is 11.3. The van der Waals surface area contributed by atoms with Gasteiger partial charge >= 0.3 is 0 Å². The average Bonchev–Trinajstić information content (AvgIpc) is 2.81. The van der Waals surface area contributed by atoms with Crippen LogP contribution in [0.2, 0.25) is 0 Å². The van der Waals surface area contributed by atoms with Crippen LogP contribution in [0.3, 0.4) is 0 Å². The van der Waals surface area contributed by atoms with E-state index < -0.39 is 6.10 Å². The van der Waals surface area contributed by atoms with Gasteiger partial charge in [0.2, 0.25) is 5.91 Å². The Morgan fingerprint density at radius 2 is 2.31 bits per heavy atom. The highest BCUT2D eigenvalue weighted by molar-refractivity contribution is 5.79. The molecule has 0 aromatic carbocycles. The molecule has 3 nitrogen and oxygen atoms in total. The van der Waals surface area contributed by atoms with Gasteiger partial charge < -0.3 is 10.0 Å². The molecule has 0 radical (unpaired) electrons. The van der Waals surface area contributed by atoms with E-state index in [1.54, 1.807) is 0 Å². The van der Waals surface area contributed by atoms with Gasteiger partial charge in [-0.1, -0.05) is 6.92 Å². The normalized spacial score (nSPS) is 31.1. The molecule has 0 aromatic rings. The Kier molecular flexibility index (Phi) is 2.28. The van der Waals surface area contributed by atoms with Crippen LogP contribution in [0.4, 0.5) is 0 Å². The fraction of sp³-hybridized carbons (Fsp3) is 0.900. The van der Waals surface area contributed by atoms with Crippen molar-refractivity contribution in [2.24, 2.45) is 11.8 Å². The molecule has 13 heavy (non-hydrogen) atoms. The van der Waals surface area contributed by atoms with Crippen molar-refractivity contribution in [3.8, 4) is 0 Å². The van der Waals surface area contributed by atoms with Gasteiger partial charge in [-0.2, -0.15) is 0 Å². The first kappa shape index (κ1) is 9.00. The van der Waals surface area contributed by atoms with Crippen molar-refractivity contribution in [3.63, 3.8) is 0 Å². The Bertz CT molecular complexity index is 213. The maximum atomic E-state index is 11.3. The summed E-state index contributed by atoms with van der Waals surface area (Å²) in [4.78, 5) is 13.1. The van der Waals surface area contributed by atoms with Gasteiger partial charge in [-0.05, 0) is 24.7 Å². The topological polar surface area (TPSA) is 40.5 Å². The predicted molar refractivity (Wildman–Crippen MR) is 49.1 cm³/mol. The van der Waals surface area contributed by atoms with Crippen molar-refractivity contribution in [1.82, 2.24) is 4.90 Å². The Morgan fingerprint density at radius 1 is 1.62 bits per heavy atom. The lowest BCUT2D eigenvalue weighted by Gasteiger charge is -2.20. The fourth-order valence-electron chi connectivity index (χ4n) is 2.09. The Hall–Kier alpha value is -0.570. The molecule has 0 spiro atoms. The standard InChI is InChI=1S/C10H17NO2/c1-7(8-2-3-8)5-11-6-9(12)4-10(11)13/h7-9,12H,2-6H2,1H3. The number of hydrogen-bond donors (Lipinski definition) is 1. The summed E-state index contributed by atoms with van der Waals surface area (Å²) in [6, 6.07) is 0. The van der Waals surface area contributed by atoms with Crippen LogP contribution in [0.5, 0.6) is 0 Å².